The molecule has 0 saturated heterocycles. The quantitative estimate of drug-likeness (QED) is 0.200. The van der Waals surface area contributed by atoms with E-state index in [9.17, 15) is 10.1 Å². The van der Waals surface area contributed by atoms with Crippen molar-refractivity contribution in [3.05, 3.63) is 135 Å². The minimum atomic E-state index is -0.248. The molecule has 0 saturated carbocycles. The van der Waals surface area contributed by atoms with Gasteiger partial charge in [-0.25, -0.2) is 4.98 Å². The fourth-order valence-corrected chi connectivity index (χ4v) is 5.45. The third kappa shape index (κ3) is 5.46. The van der Waals surface area contributed by atoms with E-state index >= 15 is 0 Å². The van der Waals surface area contributed by atoms with Crippen molar-refractivity contribution in [2.24, 2.45) is 5.16 Å². The zero-order valence-corrected chi connectivity index (χ0v) is 23.9. The van der Waals surface area contributed by atoms with Crippen LogP contribution in [0.2, 0.25) is 0 Å². The van der Waals surface area contributed by atoms with E-state index in [4.69, 9.17) is 9.82 Å². The van der Waals surface area contributed by atoms with Crippen molar-refractivity contribution in [3.63, 3.8) is 0 Å². The summed E-state index contributed by atoms with van der Waals surface area (Å²) in [4.78, 5) is 24.8. The Balaban J connectivity index is 1.31. The van der Waals surface area contributed by atoms with Crippen LogP contribution in [0.15, 0.2) is 101 Å². The summed E-state index contributed by atoms with van der Waals surface area (Å²) in [5, 5.41) is 14.4. The van der Waals surface area contributed by atoms with Gasteiger partial charge in [0.05, 0.1) is 34.8 Å². The minimum Gasteiger partial charge on any atom is -0.387 e. The molecule has 42 heavy (non-hydrogen) atoms. The van der Waals surface area contributed by atoms with Crippen LogP contribution in [0.1, 0.15) is 65.9 Å². The average molecular weight is 553 g/mol. The normalized spacial score (nSPS) is 14.4. The van der Waals surface area contributed by atoms with E-state index < -0.39 is 0 Å². The molecule has 1 aliphatic rings. The Hall–Kier alpha value is -5.02. The van der Waals surface area contributed by atoms with Gasteiger partial charge in [0.2, 0.25) is 0 Å². The Morgan fingerprint density at radius 3 is 2.50 bits per heavy atom. The lowest BCUT2D eigenvalue weighted by molar-refractivity contribution is 0.0858. The summed E-state index contributed by atoms with van der Waals surface area (Å²) in [6.45, 7) is 4.63. The SMILES string of the molecule is CCCCc1nc2ccc(C3CC(c4ccc(C)cc4)=NO3)cc2c(=O)n1Cc1ccc(-c2ccccc2C#N)cc1. The van der Waals surface area contributed by atoms with Crippen LogP contribution in [-0.2, 0) is 17.8 Å². The second-order valence-electron chi connectivity index (χ2n) is 10.9. The monoisotopic (exact) mass is 552 g/mol. The Kier molecular flexibility index (Phi) is 7.66. The molecule has 0 radical (unpaired) electrons. The third-order valence-electron chi connectivity index (χ3n) is 7.89. The first-order valence-corrected chi connectivity index (χ1v) is 14.5. The first kappa shape index (κ1) is 27.2. The third-order valence-corrected chi connectivity index (χ3v) is 7.89. The van der Waals surface area contributed by atoms with E-state index in [2.05, 4.69) is 49.3 Å². The number of fused-ring (bicyclic) bond motifs is 1. The van der Waals surface area contributed by atoms with Crippen molar-refractivity contribution in [1.29, 1.82) is 5.26 Å². The van der Waals surface area contributed by atoms with E-state index in [1.807, 2.05) is 71.3 Å². The second-order valence-corrected chi connectivity index (χ2v) is 10.9. The lowest BCUT2D eigenvalue weighted by atomic mass is 9.98. The molecule has 208 valence electrons. The van der Waals surface area contributed by atoms with Gasteiger partial charge in [-0.1, -0.05) is 96.9 Å². The standard InChI is InChI=1S/C36H32N4O2/c1-3-4-9-35-38-32-19-18-28(34-21-33(39-42-34)27-14-10-24(2)11-15-27)20-31(32)36(41)40(35)23-25-12-16-26(17-13-25)30-8-6-5-7-29(30)22-37/h5-8,10-20,34H,3-4,9,21,23H2,1-2H3. The van der Waals surface area contributed by atoms with E-state index in [0.29, 0.717) is 29.4 Å². The summed E-state index contributed by atoms with van der Waals surface area (Å²) in [6, 6.07) is 32.0. The van der Waals surface area contributed by atoms with Gasteiger partial charge in [-0.15, -0.1) is 0 Å². The molecule has 0 bridgehead atoms. The van der Waals surface area contributed by atoms with Crippen molar-refractivity contribution in [2.45, 2.75) is 52.2 Å². The zero-order chi connectivity index (χ0) is 29.1. The molecule has 1 aromatic heterocycles. The molecule has 0 aliphatic carbocycles. The second kappa shape index (κ2) is 11.8. The zero-order valence-electron chi connectivity index (χ0n) is 23.9. The predicted octanol–water partition coefficient (Wildman–Crippen LogP) is 7.50. The molecule has 6 heteroatoms. The van der Waals surface area contributed by atoms with Gasteiger partial charge in [0, 0.05) is 12.8 Å². The van der Waals surface area contributed by atoms with Crippen LogP contribution in [0, 0.1) is 18.3 Å². The van der Waals surface area contributed by atoms with Crippen LogP contribution in [0.4, 0.5) is 0 Å². The highest BCUT2D eigenvalue weighted by atomic mass is 16.6. The fourth-order valence-electron chi connectivity index (χ4n) is 5.45. The van der Waals surface area contributed by atoms with E-state index in [0.717, 1.165) is 58.6 Å². The van der Waals surface area contributed by atoms with Crippen molar-refractivity contribution in [2.75, 3.05) is 0 Å². The maximum absolute atomic E-state index is 14.0. The number of aryl methyl sites for hydroxylation is 2. The molecule has 1 unspecified atom stereocenters. The Morgan fingerprint density at radius 2 is 1.74 bits per heavy atom. The van der Waals surface area contributed by atoms with Crippen molar-refractivity contribution in [3.8, 4) is 17.2 Å². The van der Waals surface area contributed by atoms with Crippen molar-refractivity contribution in [1.82, 2.24) is 9.55 Å². The highest BCUT2D eigenvalue weighted by Gasteiger charge is 2.25. The summed E-state index contributed by atoms with van der Waals surface area (Å²) < 4.78 is 1.81. The Bertz CT molecular complexity index is 1880. The number of nitriles is 1. The molecule has 2 heterocycles. The molecule has 6 nitrogen and oxygen atoms in total. The number of oxime groups is 1. The van der Waals surface area contributed by atoms with Crippen LogP contribution in [0.25, 0.3) is 22.0 Å². The molecule has 4 aromatic carbocycles. The minimum absolute atomic E-state index is 0.0514. The number of nitrogens with zero attached hydrogens (tertiary/aromatic N) is 4. The Labute approximate surface area is 245 Å². The van der Waals surface area contributed by atoms with E-state index in [1.54, 1.807) is 0 Å². The van der Waals surface area contributed by atoms with Crippen molar-refractivity contribution >= 4 is 16.6 Å². The fraction of sp³-hybridized carbons (Fsp3) is 0.222. The molecular formula is C36H32N4O2. The highest BCUT2D eigenvalue weighted by Crippen LogP contribution is 2.31. The van der Waals surface area contributed by atoms with Gasteiger partial charge in [0.15, 0.2) is 6.10 Å². The molecular weight excluding hydrogens is 520 g/mol. The molecule has 5 aromatic rings. The van der Waals surface area contributed by atoms with Gasteiger partial charge in [-0.05, 0) is 59.4 Å². The number of unbranched alkanes of at least 4 members (excludes halogenated alkanes) is 1. The number of rotatable bonds is 8. The summed E-state index contributed by atoms with van der Waals surface area (Å²) in [5.41, 5.74) is 8.24. The van der Waals surface area contributed by atoms with Crippen molar-refractivity contribution < 1.29 is 4.84 Å². The van der Waals surface area contributed by atoms with Gasteiger partial charge in [0.1, 0.15) is 5.82 Å². The lowest BCUT2D eigenvalue weighted by Gasteiger charge is -2.15. The maximum atomic E-state index is 14.0. The number of hydrogen-bond acceptors (Lipinski definition) is 5. The summed E-state index contributed by atoms with van der Waals surface area (Å²) in [5.74, 6) is 0.795. The van der Waals surface area contributed by atoms with Gasteiger partial charge >= 0.3 is 0 Å². The first-order valence-electron chi connectivity index (χ1n) is 14.5. The van der Waals surface area contributed by atoms with Gasteiger partial charge in [-0.2, -0.15) is 5.26 Å². The van der Waals surface area contributed by atoms with Crippen LogP contribution in [-0.4, -0.2) is 15.3 Å². The van der Waals surface area contributed by atoms with Gasteiger partial charge in [0.25, 0.3) is 5.56 Å². The smallest absolute Gasteiger partial charge is 0.261 e. The summed E-state index contributed by atoms with van der Waals surface area (Å²) >= 11 is 0. The number of benzene rings is 4. The van der Waals surface area contributed by atoms with E-state index in [-0.39, 0.29) is 11.7 Å². The largest absolute Gasteiger partial charge is 0.387 e. The molecule has 0 spiro atoms. The average Bonchev–Trinajstić information content (AvgIpc) is 3.52. The van der Waals surface area contributed by atoms with Crippen LogP contribution < -0.4 is 5.56 Å². The van der Waals surface area contributed by atoms with Gasteiger partial charge < -0.3 is 4.84 Å². The van der Waals surface area contributed by atoms with Gasteiger partial charge in [-0.3, -0.25) is 9.36 Å². The number of aromatic nitrogens is 2. The van der Waals surface area contributed by atoms with Crippen LogP contribution in [0.3, 0.4) is 0 Å². The lowest BCUT2D eigenvalue weighted by Crippen LogP contribution is -2.26. The predicted molar refractivity (Wildman–Crippen MR) is 166 cm³/mol. The van der Waals surface area contributed by atoms with Crippen LogP contribution >= 0.6 is 0 Å². The highest BCUT2D eigenvalue weighted by molar-refractivity contribution is 6.01. The molecule has 0 fully saturated rings. The summed E-state index contributed by atoms with van der Waals surface area (Å²) in [7, 11) is 0. The number of hydrogen-bond donors (Lipinski definition) is 0. The van der Waals surface area contributed by atoms with E-state index in [1.165, 1.54) is 5.56 Å². The first-order chi connectivity index (χ1) is 20.5. The maximum Gasteiger partial charge on any atom is 0.261 e. The molecule has 6 rings (SSSR count). The topological polar surface area (TPSA) is 80.3 Å². The molecule has 1 atom stereocenters. The molecule has 0 amide bonds. The molecule has 1 aliphatic heterocycles. The summed E-state index contributed by atoms with van der Waals surface area (Å²) in [6.07, 6.45) is 3.10. The Morgan fingerprint density at radius 1 is 0.976 bits per heavy atom. The molecule has 0 N–H and O–H groups in total. The van der Waals surface area contributed by atoms with Crippen LogP contribution in [0.5, 0.6) is 0 Å².